The summed E-state index contributed by atoms with van der Waals surface area (Å²) in [5.74, 6) is 0.106. The van der Waals surface area contributed by atoms with E-state index in [9.17, 15) is 8.42 Å². The van der Waals surface area contributed by atoms with E-state index < -0.39 is 9.84 Å². The first-order chi connectivity index (χ1) is 7.04. The van der Waals surface area contributed by atoms with E-state index in [1.807, 2.05) is 6.92 Å². The molecule has 1 atom stereocenters. The van der Waals surface area contributed by atoms with Crippen molar-refractivity contribution in [1.29, 1.82) is 0 Å². The minimum Gasteiger partial charge on any atom is -0.392 e. The minimum absolute atomic E-state index is 0.106. The number of hydrogen-bond donors (Lipinski definition) is 2. The largest absolute Gasteiger partial charge is 0.392 e. The van der Waals surface area contributed by atoms with E-state index in [0.717, 1.165) is 0 Å². The van der Waals surface area contributed by atoms with Crippen LogP contribution in [0.5, 0.6) is 0 Å². The van der Waals surface area contributed by atoms with Gasteiger partial charge in [0, 0.05) is 11.6 Å². The molecule has 2 rings (SSSR count). The highest BCUT2D eigenvalue weighted by Gasteiger charge is 2.28. The molecule has 2 N–H and O–H groups in total. The average molecular weight is 227 g/mol. The van der Waals surface area contributed by atoms with Gasteiger partial charge in [0.2, 0.25) is 0 Å². The number of aliphatic hydroxyl groups excluding tert-OH is 1. The maximum atomic E-state index is 11.8. The van der Waals surface area contributed by atoms with Gasteiger partial charge in [-0.05, 0) is 13.0 Å². The normalized spacial score (nSPS) is 22.9. The van der Waals surface area contributed by atoms with Gasteiger partial charge in [-0.3, -0.25) is 0 Å². The van der Waals surface area contributed by atoms with Gasteiger partial charge < -0.3 is 10.4 Å². The van der Waals surface area contributed by atoms with Gasteiger partial charge in [0.15, 0.2) is 9.84 Å². The molecular formula is C10H13NO3S. The molecule has 1 aliphatic rings. The fourth-order valence-electron chi connectivity index (χ4n) is 1.84. The Bertz CT molecular complexity index is 481. The number of nitrogens with one attached hydrogen (secondary N) is 1. The fourth-order valence-corrected chi connectivity index (χ4v) is 3.55. The van der Waals surface area contributed by atoms with Crippen molar-refractivity contribution < 1.29 is 13.5 Å². The van der Waals surface area contributed by atoms with Crippen LogP contribution in [-0.4, -0.2) is 25.3 Å². The van der Waals surface area contributed by atoms with Crippen LogP contribution in [0.3, 0.4) is 0 Å². The number of benzene rings is 1. The van der Waals surface area contributed by atoms with Gasteiger partial charge in [-0.25, -0.2) is 8.42 Å². The van der Waals surface area contributed by atoms with Crippen LogP contribution in [0.2, 0.25) is 0 Å². The number of rotatable bonds is 1. The summed E-state index contributed by atoms with van der Waals surface area (Å²) >= 11 is 0. The maximum absolute atomic E-state index is 11.8. The molecule has 0 aromatic heterocycles. The summed E-state index contributed by atoms with van der Waals surface area (Å²) in [5.41, 5.74) is 1.18. The monoisotopic (exact) mass is 227 g/mol. The Labute approximate surface area is 88.9 Å². The second kappa shape index (κ2) is 3.50. The molecule has 0 aliphatic carbocycles. The lowest BCUT2D eigenvalue weighted by Gasteiger charge is -2.25. The Kier molecular flexibility index (Phi) is 2.44. The lowest BCUT2D eigenvalue weighted by atomic mass is 10.1. The van der Waals surface area contributed by atoms with E-state index in [0.29, 0.717) is 16.1 Å². The van der Waals surface area contributed by atoms with Gasteiger partial charge in [0.25, 0.3) is 0 Å². The molecule has 82 valence electrons. The molecule has 0 radical (unpaired) electrons. The Morgan fingerprint density at radius 1 is 1.53 bits per heavy atom. The molecule has 0 amide bonds. The van der Waals surface area contributed by atoms with Crippen molar-refractivity contribution in [2.24, 2.45) is 0 Å². The molecule has 1 aromatic rings. The molecule has 0 saturated carbocycles. The summed E-state index contributed by atoms with van der Waals surface area (Å²) in [7, 11) is -3.20. The molecule has 1 aromatic carbocycles. The molecule has 0 fully saturated rings. The first-order valence-corrected chi connectivity index (χ1v) is 6.42. The van der Waals surface area contributed by atoms with Gasteiger partial charge in [0.05, 0.1) is 22.9 Å². The minimum atomic E-state index is -3.20. The number of fused-ring (bicyclic) bond motifs is 1. The van der Waals surface area contributed by atoms with E-state index in [4.69, 9.17) is 5.11 Å². The maximum Gasteiger partial charge on any atom is 0.182 e. The van der Waals surface area contributed by atoms with Crippen LogP contribution in [0.1, 0.15) is 12.5 Å². The average Bonchev–Trinajstić information content (AvgIpc) is 2.15. The standard InChI is InChI=1S/C10H13NO3S/c1-7-6-15(13,14)9-4-2-3-8(5-12)10(9)11-7/h2-4,7,11-12H,5-6H2,1H3. The van der Waals surface area contributed by atoms with Gasteiger partial charge in [-0.1, -0.05) is 12.1 Å². The van der Waals surface area contributed by atoms with E-state index in [1.165, 1.54) is 0 Å². The van der Waals surface area contributed by atoms with Gasteiger partial charge in [-0.15, -0.1) is 0 Å². The Balaban J connectivity index is 2.66. The zero-order valence-corrected chi connectivity index (χ0v) is 9.21. The summed E-state index contributed by atoms with van der Waals surface area (Å²) in [4.78, 5) is 0.298. The van der Waals surface area contributed by atoms with Crippen molar-refractivity contribution in [1.82, 2.24) is 0 Å². The smallest absolute Gasteiger partial charge is 0.182 e. The Morgan fingerprint density at radius 3 is 2.93 bits per heavy atom. The second-order valence-corrected chi connectivity index (χ2v) is 5.78. The molecule has 1 aliphatic heterocycles. The van der Waals surface area contributed by atoms with Gasteiger partial charge in [0.1, 0.15) is 0 Å². The Hall–Kier alpha value is -1.07. The first kappa shape index (κ1) is 10.4. The van der Waals surface area contributed by atoms with Crippen molar-refractivity contribution in [3.63, 3.8) is 0 Å². The molecule has 1 heterocycles. The van der Waals surface area contributed by atoms with Crippen molar-refractivity contribution >= 4 is 15.5 Å². The number of sulfone groups is 1. The third-order valence-electron chi connectivity index (χ3n) is 2.48. The van der Waals surface area contributed by atoms with Crippen LogP contribution < -0.4 is 5.32 Å². The predicted molar refractivity (Wildman–Crippen MR) is 57.5 cm³/mol. The summed E-state index contributed by atoms with van der Waals surface area (Å²) in [6, 6.07) is 4.83. The molecular weight excluding hydrogens is 214 g/mol. The van der Waals surface area contributed by atoms with Crippen LogP contribution in [0.15, 0.2) is 23.1 Å². The number of anilines is 1. The highest BCUT2D eigenvalue weighted by atomic mass is 32.2. The lowest BCUT2D eigenvalue weighted by molar-refractivity contribution is 0.282. The molecule has 1 unspecified atom stereocenters. The number of aliphatic hydroxyl groups is 1. The van der Waals surface area contributed by atoms with Crippen LogP contribution in [-0.2, 0) is 16.4 Å². The molecule has 0 saturated heterocycles. The molecule has 0 spiro atoms. The van der Waals surface area contributed by atoms with E-state index in [2.05, 4.69) is 5.32 Å². The van der Waals surface area contributed by atoms with Gasteiger partial charge >= 0.3 is 0 Å². The molecule has 15 heavy (non-hydrogen) atoms. The third kappa shape index (κ3) is 1.72. The zero-order valence-electron chi connectivity index (χ0n) is 8.40. The number of hydrogen-bond acceptors (Lipinski definition) is 4. The quantitative estimate of drug-likeness (QED) is 0.743. The summed E-state index contributed by atoms with van der Waals surface area (Å²) in [6.07, 6.45) is 0. The van der Waals surface area contributed by atoms with Crippen LogP contribution in [0, 0.1) is 0 Å². The first-order valence-electron chi connectivity index (χ1n) is 4.76. The molecule has 0 bridgehead atoms. The highest BCUT2D eigenvalue weighted by molar-refractivity contribution is 7.91. The van der Waals surface area contributed by atoms with Crippen molar-refractivity contribution in [2.75, 3.05) is 11.1 Å². The number of para-hydroxylation sites is 1. The lowest BCUT2D eigenvalue weighted by Crippen LogP contribution is -2.32. The second-order valence-electron chi connectivity index (χ2n) is 3.78. The van der Waals surface area contributed by atoms with E-state index in [-0.39, 0.29) is 18.4 Å². The van der Waals surface area contributed by atoms with Crippen LogP contribution in [0.4, 0.5) is 5.69 Å². The fraction of sp³-hybridized carbons (Fsp3) is 0.400. The third-order valence-corrected chi connectivity index (χ3v) is 4.43. The molecule has 4 nitrogen and oxygen atoms in total. The van der Waals surface area contributed by atoms with E-state index in [1.54, 1.807) is 18.2 Å². The Morgan fingerprint density at radius 2 is 2.27 bits per heavy atom. The van der Waals surface area contributed by atoms with Crippen molar-refractivity contribution in [3.05, 3.63) is 23.8 Å². The van der Waals surface area contributed by atoms with Crippen molar-refractivity contribution in [3.8, 4) is 0 Å². The molecule has 5 heteroatoms. The summed E-state index contributed by atoms with van der Waals surface area (Å²) in [5, 5.41) is 12.2. The highest BCUT2D eigenvalue weighted by Crippen LogP contribution is 2.31. The zero-order chi connectivity index (χ0) is 11.1. The van der Waals surface area contributed by atoms with Gasteiger partial charge in [-0.2, -0.15) is 0 Å². The summed E-state index contributed by atoms with van der Waals surface area (Å²) in [6.45, 7) is 1.66. The SMILES string of the molecule is CC1CS(=O)(=O)c2cccc(CO)c2N1. The van der Waals surface area contributed by atoms with Crippen molar-refractivity contribution in [2.45, 2.75) is 24.5 Å². The predicted octanol–water partition coefficient (Wildman–Crippen LogP) is 0.767. The van der Waals surface area contributed by atoms with Crippen LogP contribution in [0.25, 0.3) is 0 Å². The summed E-state index contributed by atoms with van der Waals surface area (Å²) < 4.78 is 23.7. The van der Waals surface area contributed by atoms with E-state index >= 15 is 0 Å². The topological polar surface area (TPSA) is 66.4 Å². The van der Waals surface area contributed by atoms with Crippen LogP contribution >= 0.6 is 0 Å².